The summed E-state index contributed by atoms with van der Waals surface area (Å²) in [7, 11) is 0. The van der Waals surface area contributed by atoms with Crippen molar-refractivity contribution < 1.29 is 9.53 Å². The Morgan fingerprint density at radius 3 is 2.50 bits per heavy atom. The topological polar surface area (TPSA) is 38.3 Å². The highest BCUT2D eigenvalue weighted by atomic mass is 79.9. The molecule has 1 amide bonds. The molecule has 0 saturated carbocycles. The molecular weight excluding hydrogens is 338 g/mol. The summed E-state index contributed by atoms with van der Waals surface area (Å²) in [6, 6.07) is 5.52. The van der Waals surface area contributed by atoms with Crippen LogP contribution in [0.25, 0.3) is 0 Å². The van der Waals surface area contributed by atoms with E-state index in [0.717, 1.165) is 8.95 Å². The van der Waals surface area contributed by atoms with Crippen molar-refractivity contribution >= 4 is 43.6 Å². The average Bonchev–Trinajstić information content (AvgIpc) is 2.08. The van der Waals surface area contributed by atoms with Gasteiger partial charge in [0.05, 0.1) is 5.69 Å². The summed E-state index contributed by atoms with van der Waals surface area (Å²) in [6.45, 7) is 5.47. The van der Waals surface area contributed by atoms with Crippen LogP contribution in [0.15, 0.2) is 27.1 Å². The van der Waals surface area contributed by atoms with Gasteiger partial charge >= 0.3 is 6.09 Å². The molecule has 0 heterocycles. The molecule has 0 spiro atoms. The number of carbonyl (C=O) groups is 1. The molecule has 0 aliphatic carbocycles. The highest BCUT2D eigenvalue weighted by Gasteiger charge is 2.16. The minimum absolute atomic E-state index is 0.466. The third kappa shape index (κ3) is 4.53. The smallest absolute Gasteiger partial charge is 0.412 e. The van der Waals surface area contributed by atoms with E-state index < -0.39 is 11.7 Å². The predicted molar refractivity (Wildman–Crippen MR) is 71.7 cm³/mol. The quantitative estimate of drug-likeness (QED) is 0.806. The van der Waals surface area contributed by atoms with Gasteiger partial charge in [-0.1, -0.05) is 15.9 Å². The molecule has 0 bridgehead atoms. The Hall–Kier alpha value is -0.550. The molecule has 1 rings (SSSR count). The van der Waals surface area contributed by atoms with Gasteiger partial charge in [-0.3, -0.25) is 5.32 Å². The summed E-state index contributed by atoms with van der Waals surface area (Å²) in [5.41, 5.74) is 0.173. The average molecular weight is 351 g/mol. The Morgan fingerprint density at radius 1 is 1.31 bits per heavy atom. The van der Waals surface area contributed by atoms with Crippen molar-refractivity contribution in [3.8, 4) is 0 Å². The van der Waals surface area contributed by atoms with Gasteiger partial charge in [-0.15, -0.1) is 0 Å². The number of rotatable bonds is 1. The highest BCUT2D eigenvalue weighted by molar-refractivity contribution is 9.11. The van der Waals surface area contributed by atoms with Gasteiger partial charge in [-0.25, -0.2) is 4.79 Å². The van der Waals surface area contributed by atoms with E-state index in [9.17, 15) is 4.79 Å². The van der Waals surface area contributed by atoms with Crippen LogP contribution < -0.4 is 5.32 Å². The maximum Gasteiger partial charge on any atom is 0.412 e. The van der Waals surface area contributed by atoms with Gasteiger partial charge < -0.3 is 4.74 Å². The number of amides is 1. The van der Waals surface area contributed by atoms with Crippen LogP contribution in [0.4, 0.5) is 10.5 Å². The van der Waals surface area contributed by atoms with Crippen molar-refractivity contribution in [3.63, 3.8) is 0 Å². The molecule has 3 nitrogen and oxygen atoms in total. The number of nitrogens with one attached hydrogen (secondary N) is 1. The number of ether oxygens (including phenoxy) is 1. The normalized spacial score (nSPS) is 11.1. The Kier molecular flexibility index (Phi) is 4.38. The van der Waals surface area contributed by atoms with E-state index in [0.29, 0.717) is 5.69 Å². The summed E-state index contributed by atoms with van der Waals surface area (Å²) in [5.74, 6) is 0. The summed E-state index contributed by atoms with van der Waals surface area (Å²) in [4.78, 5) is 11.5. The predicted octanol–water partition coefficient (Wildman–Crippen LogP) is 4.56. The van der Waals surface area contributed by atoms with E-state index in [1.807, 2.05) is 32.9 Å². The molecule has 5 heteroatoms. The third-order valence-electron chi connectivity index (χ3n) is 1.56. The van der Waals surface area contributed by atoms with E-state index >= 15 is 0 Å². The lowest BCUT2D eigenvalue weighted by atomic mass is 10.2. The highest BCUT2D eigenvalue weighted by Crippen LogP contribution is 2.26. The minimum Gasteiger partial charge on any atom is -0.444 e. The van der Waals surface area contributed by atoms with Gasteiger partial charge in [0.1, 0.15) is 5.60 Å². The molecule has 0 radical (unpaired) electrons. The number of anilines is 1. The number of carbonyl (C=O) groups excluding carboxylic acids is 1. The van der Waals surface area contributed by atoms with Crippen LogP contribution in [0.5, 0.6) is 0 Å². The standard InChI is InChI=1S/C11H13Br2NO2/c1-11(2,3)16-10(15)14-9-6-7(12)4-5-8(9)13/h4-6H,1-3H3,(H,14,15). The molecule has 0 atom stereocenters. The van der Waals surface area contributed by atoms with E-state index in [2.05, 4.69) is 37.2 Å². The van der Waals surface area contributed by atoms with Gasteiger partial charge in [-0.05, 0) is 54.9 Å². The Balaban J connectivity index is 2.73. The SMILES string of the molecule is CC(C)(C)OC(=O)Nc1cc(Br)ccc1Br. The molecule has 0 saturated heterocycles. The fraction of sp³-hybridized carbons (Fsp3) is 0.364. The lowest BCUT2D eigenvalue weighted by Gasteiger charge is -2.20. The first-order valence-electron chi connectivity index (χ1n) is 4.73. The van der Waals surface area contributed by atoms with E-state index in [4.69, 9.17) is 4.74 Å². The Bertz CT molecular complexity index is 399. The zero-order chi connectivity index (χ0) is 12.3. The molecule has 16 heavy (non-hydrogen) atoms. The van der Waals surface area contributed by atoms with Crippen LogP contribution in [0.2, 0.25) is 0 Å². The summed E-state index contributed by atoms with van der Waals surface area (Å²) >= 11 is 6.68. The molecule has 1 aromatic carbocycles. The lowest BCUT2D eigenvalue weighted by molar-refractivity contribution is 0.0636. The fourth-order valence-corrected chi connectivity index (χ4v) is 1.71. The van der Waals surface area contributed by atoms with Crippen LogP contribution in [0.3, 0.4) is 0 Å². The number of hydrogen-bond acceptors (Lipinski definition) is 2. The fourth-order valence-electron chi connectivity index (χ4n) is 1.01. The number of halogens is 2. The van der Waals surface area contributed by atoms with Crippen molar-refractivity contribution in [2.45, 2.75) is 26.4 Å². The maximum atomic E-state index is 11.5. The lowest BCUT2D eigenvalue weighted by Crippen LogP contribution is -2.27. The second kappa shape index (κ2) is 5.19. The van der Waals surface area contributed by atoms with Crippen molar-refractivity contribution in [1.29, 1.82) is 0 Å². The van der Waals surface area contributed by atoms with Crippen molar-refractivity contribution in [2.24, 2.45) is 0 Å². The molecule has 0 aliphatic rings. The van der Waals surface area contributed by atoms with Gasteiger partial charge in [0, 0.05) is 8.95 Å². The van der Waals surface area contributed by atoms with Crippen molar-refractivity contribution in [3.05, 3.63) is 27.1 Å². The summed E-state index contributed by atoms with van der Waals surface area (Å²) in [5, 5.41) is 2.67. The largest absolute Gasteiger partial charge is 0.444 e. The van der Waals surface area contributed by atoms with Gasteiger partial charge in [0.15, 0.2) is 0 Å². The summed E-state index contributed by atoms with van der Waals surface area (Å²) in [6.07, 6.45) is -0.466. The zero-order valence-corrected chi connectivity index (χ0v) is 12.5. The van der Waals surface area contributed by atoms with Crippen LogP contribution in [-0.2, 0) is 4.74 Å². The monoisotopic (exact) mass is 349 g/mol. The molecule has 0 unspecified atom stereocenters. The second-order valence-electron chi connectivity index (χ2n) is 4.25. The van der Waals surface area contributed by atoms with Crippen LogP contribution >= 0.6 is 31.9 Å². The van der Waals surface area contributed by atoms with Crippen molar-refractivity contribution in [1.82, 2.24) is 0 Å². The first kappa shape index (κ1) is 13.5. The van der Waals surface area contributed by atoms with Crippen molar-refractivity contribution in [2.75, 3.05) is 5.32 Å². The van der Waals surface area contributed by atoms with Gasteiger partial charge in [0.2, 0.25) is 0 Å². The number of hydrogen-bond donors (Lipinski definition) is 1. The van der Waals surface area contributed by atoms with E-state index in [1.165, 1.54) is 0 Å². The van der Waals surface area contributed by atoms with E-state index in [-0.39, 0.29) is 0 Å². The molecule has 1 aromatic rings. The summed E-state index contributed by atoms with van der Waals surface area (Å²) < 4.78 is 6.85. The van der Waals surface area contributed by atoms with Gasteiger partial charge in [-0.2, -0.15) is 0 Å². The minimum atomic E-state index is -0.497. The molecule has 1 N–H and O–H groups in total. The maximum absolute atomic E-state index is 11.5. The van der Waals surface area contributed by atoms with E-state index in [1.54, 1.807) is 6.07 Å². The van der Waals surface area contributed by atoms with Gasteiger partial charge in [0.25, 0.3) is 0 Å². The Labute approximate surface area is 112 Å². The Morgan fingerprint density at radius 2 is 1.94 bits per heavy atom. The number of benzene rings is 1. The van der Waals surface area contributed by atoms with Crippen LogP contribution in [0.1, 0.15) is 20.8 Å². The second-order valence-corrected chi connectivity index (χ2v) is 6.02. The first-order chi connectivity index (χ1) is 7.28. The molecule has 0 fully saturated rings. The van der Waals surface area contributed by atoms with Crippen LogP contribution in [0, 0.1) is 0 Å². The third-order valence-corrected chi connectivity index (χ3v) is 2.75. The molecule has 0 aromatic heterocycles. The van der Waals surface area contributed by atoms with Crippen LogP contribution in [-0.4, -0.2) is 11.7 Å². The molecular formula is C11H13Br2NO2. The molecule has 88 valence electrons. The molecule has 0 aliphatic heterocycles. The zero-order valence-electron chi connectivity index (χ0n) is 9.30. The first-order valence-corrected chi connectivity index (χ1v) is 6.31.